The predicted molar refractivity (Wildman–Crippen MR) is 98.8 cm³/mol. The maximum Gasteiger partial charge on any atom is 0.289 e. The maximum absolute atomic E-state index is 12.8. The Morgan fingerprint density at radius 2 is 1.96 bits per heavy atom. The summed E-state index contributed by atoms with van der Waals surface area (Å²) in [5, 5.41) is -0.286. The van der Waals surface area contributed by atoms with Crippen molar-refractivity contribution in [1.29, 1.82) is 0 Å². The first-order valence-electron chi connectivity index (χ1n) is 8.49. The number of aryl methyl sites for hydroxylation is 1. The van der Waals surface area contributed by atoms with Crippen molar-refractivity contribution in [2.45, 2.75) is 49.6 Å². The number of carbonyl (C=O) groups is 2. The van der Waals surface area contributed by atoms with Gasteiger partial charge in [0.2, 0.25) is 15.9 Å². The number of benzene rings is 1. The molecule has 142 valence electrons. The molecule has 1 aromatic carbocycles. The van der Waals surface area contributed by atoms with Crippen LogP contribution < -0.4 is 9.46 Å². The van der Waals surface area contributed by atoms with Gasteiger partial charge in [-0.1, -0.05) is 24.6 Å². The average Bonchev–Trinajstić information content (AvgIpc) is 2.93. The van der Waals surface area contributed by atoms with Crippen molar-refractivity contribution in [3.05, 3.63) is 23.8 Å². The van der Waals surface area contributed by atoms with E-state index in [4.69, 9.17) is 4.74 Å². The Labute approximate surface area is 157 Å². The van der Waals surface area contributed by atoms with E-state index in [1.54, 1.807) is 19.1 Å². The summed E-state index contributed by atoms with van der Waals surface area (Å²) in [6, 6.07) is 3.78. The fraction of sp³-hybridized carbons (Fsp3) is 0.529. The van der Waals surface area contributed by atoms with Gasteiger partial charge in [0.05, 0.1) is 23.8 Å². The number of hydrogen-bond donors (Lipinski definition) is 1. The lowest BCUT2D eigenvalue weighted by molar-refractivity contribution is -0.127. The van der Waals surface area contributed by atoms with E-state index in [-0.39, 0.29) is 21.8 Å². The molecule has 0 unspecified atom stereocenters. The van der Waals surface area contributed by atoms with E-state index < -0.39 is 22.1 Å². The lowest BCUT2D eigenvalue weighted by Gasteiger charge is -2.36. The van der Waals surface area contributed by atoms with Crippen molar-refractivity contribution in [2.75, 3.05) is 12.9 Å². The van der Waals surface area contributed by atoms with Crippen molar-refractivity contribution in [3.63, 3.8) is 0 Å². The van der Waals surface area contributed by atoms with Crippen molar-refractivity contribution >= 4 is 32.9 Å². The highest BCUT2D eigenvalue weighted by molar-refractivity contribution is 8.14. The number of methoxy groups -OCH3 is 1. The van der Waals surface area contributed by atoms with Gasteiger partial charge in [0.15, 0.2) is 0 Å². The Morgan fingerprint density at radius 3 is 2.58 bits per heavy atom. The van der Waals surface area contributed by atoms with Crippen LogP contribution in [0.2, 0.25) is 0 Å². The van der Waals surface area contributed by atoms with E-state index in [1.807, 2.05) is 0 Å². The Morgan fingerprint density at radius 1 is 1.23 bits per heavy atom. The second-order valence-corrected chi connectivity index (χ2v) is 9.17. The molecule has 1 saturated carbocycles. The first kappa shape index (κ1) is 19.2. The molecule has 0 bridgehead atoms. The molecule has 2 atom stereocenters. The van der Waals surface area contributed by atoms with Gasteiger partial charge in [0.25, 0.3) is 5.24 Å². The van der Waals surface area contributed by atoms with Crippen LogP contribution in [0.25, 0.3) is 0 Å². The van der Waals surface area contributed by atoms with Gasteiger partial charge < -0.3 is 4.74 Å². The van der Waals surface area contributed by atoms with Gasteiger partial charge >= 0.3 is 0 Å². The van der Waals surface area contributed by atoms with Gasteiger partial charge in [-0.15, -0.1) is 0 Å². The second kappa shape index (κ2) is 7.58. The van der Waals surface area contributed by atoms with E-state index in [0.29, 0.717) is 18.6 Å². The quantitative estimate of drug-likeness (QED) is 0.818. The lowest BCUT2D eigenvalue weighted by Crippen LogP contribution is -2.54. The highest BCUT2D eigenvalue weighted by Crippen LogP contribution is 2.31. The van der Waals surface area contributed by atoms with Gasteiger partial charge in [-0.2, -0.15) is 0 Å². The summed E-state index contributed by atoms with van der Waals surface area (Å²) in [5.41, 5.74) is 0.719. The third-order valence-corrected chi connectivity index (χ3v) is 7.15. The molecule has 2 amide bonds. The molecule has 3 rings (SSSR count). The summed E-state index contributed by atoms with van der Waals surface area (Å²) in [4.78, 5) is 25.5. The molecule has 1 aliphatic heterocycles. The fourth-order valence-electron chi connectivity index (χ4n) is 3.53. The predicted octanol–water partition coefficient (Wildman–Crippen LogP) is 2.29. The van der Waals surface area contributed by atoms with E-state index in [9.17, 15) is 18.0 Å². The highest BCUT2D eigenvalue weighted by atomic mass is 32.2. The Kier molecular flexibility index (Phi) is 5.59. The zero-order chi connectivity index (χ0) is 18.9. The van der Waals surface area contributed by atoms with Crippen molar-refractivity contribution < 1.29 is 22.7 Å². The number of nitrogens with one attached hydrogen (secondary N) is 1. The molecule has 0 spiro atoms. The van der Waals surface area contributed by atoms with Crippen LogP contribution in [-0.2, 0) is 14.8 Å². The summed E-state index contributed by atoms with van der Waals surface area (Å²) in [6.07, 6.45) is 2.94. The summed E-state index contributed by atoms with van der Waals surface area (Å²) < 4.78 is 33.6. The number of thioether (sulfide) groups is 1. The molecule has 1 heterocycles. The lowest BCUT2D eigenvalue weighted by atomic mass is 9.90. The number of carbonyl (C=O) groups excluding carboxylic acids is 2. The highest BCUT2D eigenvalue weighted by Gasteiger charge is 2.42. The minimum Gasteiger partial charge on any atom is -0.496 e. The van der Waals surface area contributed by atoms with Gasteiger partial charge in [0.1, 0.15) is 5.75 Å². The Hall–Kier alpha value is -1.58. The monoisotopic (exact) mass is 398 g/mol. The molecule has 7 nitrogen and oxygen atoms in total. The zero-order valence-electron chi connectivity index (χ0n) is 14.7. The molecular weight excluding hydrogens is 376 g/mol. The van der Waals surface area contributed by atoms with E-state index >= 15 is 0 Å². The van der Waals surface area contributed by atoms with Crippen LogP contribution in [0.4, 0.5) is 4.79 Å². The molecule has 0 aromatic heterocycles. The summed E-state index contributed by atoms with van der Waals surface area (Å²) >= 11 is 0.976. The van der Waals surface area contributed by atoms with Crippen LogP contribution in [-0.4, -0.2) is 49.4 Å². The first-order valence-corrected chi connectivity index (χ1v) is 11.0. The Balaban J connectivity index is 1.83. The topological polar surface area (TPSA) is 92.8 Å². The van der Waals surface area contributed by atoms with Crippen molar-refractivity contribution in [1.82, 2.24) is 9.62 Å². The summed E-state index contributed by atoms with van der Waals surface area (Å²) in [7, 11) is -2.24. The minimum atomic E-state index is -3.77. The second-order valence-electron chi connectivity index (χ2n) is 6.53. The third-order valence-electron chi connectivity index (χ3n) is 4.83. The number of imide groups is 1. The normalized spacial score (nSPS) is 24.2. The summed E-state index contributed by atoms with van der Waals surface area (Å²) in [5.74, 6) is 0.508. The zero-order valence-corrected chi connectivity index (χ0v) is 16.4. The molecule has 1 saturated heterocycles. The van der Waals surface area contributed by atoms with Gasteiger partial charge in [-0.3, -0.25) is 14.5 Å². The molecule has 9 heteroatoms. The van der Waals surface area contributed by atoms with Crippen LogP contribution in [0.1, 0.15) is 31.2 Å². The largest absolute Gasteiger partial charge is 0.496 e. The first-order chi connectivity index (χ1) is 12.3. The minimum absolute atomic E-state index is 0.131. The van der Waals surface area contributed by atoms with Crippen molar-refractivity contribution in [2.24, 2.45) is 0 Å². The molecule has 1 aliphatic carbocycles. The molecule has 1 aromatic rings. The number of hydrogen-bond acceptors (Lipinski definition) is 6. The van der Waals surface area contributed by atoms with Gasteiger partial charge in [0, 0.05) is 6.04 Å². The molecule has 1 N–H and O–H groups in total. The van der Waals surface area contributed by atoms with E-state index in [0.717, 1.165) is 30.2 Å². The molecular formula is C17H22N2O5S2. The van der Waals surface area contributed by atoms with Crippen LogP contribution in [0.5, 0.6) is 5.75 Å². The van der Waals surface area contributed by atoms with Crippen molar-refractivity contribution in [3.8, 4) is 5.75 Å². The van der Waals surface area contributed by atoms with E-state index in [1.165, 1.54) is 18.1 Å². The van der Waals surface area contributed by atoms with Gasteiger partial charge in [-0.25, -0.2) is 13.1 Å². The average molecular weight is 399 g/mol. The molecule has 0 radical (unpaired) electrons. The number of nitrogens with zero attached hydrogens (tertiary/aromatic N) is 1. The van der Waals surface area contributed by atoms with Crippen LogP contribution in [0, 0.1) is 6.92 Å². The van der Waals surface area contributed by atoms with Gasteiger partial charge in [-0.05, 0) is 43.5 Å². The standard InChI is InChI=1S/C17H22N2O5S2/c1-11-9-12(7-8-15(11)24-2)26(22,23)18-13-5-3-4-6-14(13)19-16(20)10-25-17(19)21/h7-9,13-14,18H,3-6,10H2,1-2H3/t13-,14+/m0/s1. The number of ether oxygens (including phenoxy) is 1. The molecule has 26 heavy (non-hydrogen) atoms. The molecule has 2 aliphatic rings. The summed E-state index contributed by atoms with van der Waals surface area (Å²) in [6.45, 7) is 1.78. The smallest absolute Gasteiger partial charge is 0.289 e. The Bertz CT molecular complexity index is 808. The van der Waals surface area contributed by atoms with E-state index in [2.05, 4.69) is 4.72 Å². The number of sulfonamides is 1. The molecule has 2 fully saturated rings. The third kappa shape index (κ3) is 3.74. The van der Waals surface area contributed by atoms with Crippen LogP contribution in [0.15, 0.2) is 23.1 Å². The number of amides is 2. The van der Waals surface area contributed by atoms with Crippen LogP contribution in [0.3, 0.4) is 0 Å². The number of rotatable bonds is 5. The van der Waals surface area contributed by atoms with Crippen LogP contribution >= 0.6 is 11.8 Å². The SMILES string of the molecule is COc1ccc(S(=O)(=O)N[C@H]2CCCC[C@H]2N2C(=O)CSC2=O)cc1C. The maximum atomic E-state index is 12.8. The fourth-order valence-corrected chi connectivity index (χ4v) is 5.68.